The summed E-state index contributed by atoms with van der Waals surface area (Å²) in [6.45, 7) is 10.0. The first kappa shape index (κ1) is 16.6. The molecule has 128 valence electrons. The minimum Gasteiger partial charge on any atom is -0.367 e. The first-order valence-corrected chi connectivity index (χ1v) is 8.72. The normalized spacial score (nSPS) is 15.6. The standard InChI is InChI=1S/C18H26N6/c1-5-15-11-17(21-14(4)20-15)23-16-6-8-24(9-7-16)18-10-12(2)19-13(3)22-18/h10-11,16H,5-9H2,1-4H3,(H,20,21,23). The van der Waals surface area contributed by atoms with Gasteiger partial charge in [0, 0.05) is 42.7 Å². The Morgan fingerprint density at radius 3 is 2.38 bits per heavy atom. The highest BCUT2D eigenvalue weighted by Crippen LogP contribution is 2.21. The number of nitrogens with one attached hydrogen (secondary N) is 1. The van der Waals surface area contributed by atoms with Crippen LogP contribution in [0, 0.1) is 20.8 Å². The molecule has 2 aromatic rings. The second-order valence-electron chi connectivity index (χ2n) is 6.47. The van der Waals surface area contributed by atoms with Gasteiger partial charge in [-0.1, -0.05) is 6.92 Å². The quantitative estimate of drug-likeness (QED) is 0.932. The van der Waals surface area contributed by atoms with Crippen LogP contribution in [0.2, 0.25) is 0 Å². The maximum atomic E-state index is 4.57. The predicted octanol–water partition coefficient (Wildman–Crippen LogP) is 2.84. The third kappa shape index (κ3) is 3.99. The van der Waals surface area contributed by atoms with E-state index in [1.165, 1.54) is 0 Å². The van der Waals surface area contributed by atoms with Crippen molar-refractivity contribution in [1.29, 1.82) is 0 Å². The first-order chi connectivity index (χ1) is 11.5. The second kappa shape index (κ2) is 7.11. The molecule has 0 spiro atoms. The van der Waals surface area contributed by atoms with Crippen LogP contribution >= 0.6 is 0 Å². The molecule has 6 heteroatoms. The highest BCUT2D eigenvalue weighted by molar-refractivity contribution is 5.42. The lowest BCUT2D eigenvalue weighted by molar-refractivity contribution is 0.521. The van der Waals surface area contributed by atoms with Crippen molar-refractivity contribution in [3.63, 3.8) is 0 Å². The van der Waals surface area contributed by atoms with Crippen molar-refractivity contribution in [1.82, 2.24) is 19.9 Å². The number of piperidine rings is 1. The lowest BCUT2D eigenvalue weighted by atomic mass is 10.0. The lowest BCUT2D eigenvalue weighted by Crippen LogP contribution is -2.39. The van der Waals surface area contributed by atoms with Gasteiger partial charge in [-0.3, -0.25) is 0 Å². The molecular weight excluding hydrogens is 300 g/mol. The molecule has 0 aliphatic carbocycles. The van der Waals surface area contributed by atoms with E-state index in [2.05, 4.69) is 49.2 Å². The van der Waals surface area contributed by atoms with Crippen LogP contribution in [0.15, 0.2) is 12.1 Å². The molecule has 24 heavy (non-hydrogen) atoms. The summed E-state index contributed by atoms with van der Waals surface area (Å²) in [6, 6.07) is 4.59. The Bertz CT molecular complexity index is 686. The zero-order valence-electron chi connectivity index (χ0n) is 15.0. The summed E-state index contributed by atoms with van der Waals surface area (Å²) in [5.41, 5.74) is 2.12. The molecule has 0 unspecified atom stereocenters. The van der Waals surface area contributed by atoms with E-state index in [9.17, 15) is 0 Å². The zero-order valence-corrected chi connectivity index (χ0v) is 15.0. The zero-order chi connectivity index (χ0) is 17.1. The van der Waals surface area contributed by atoms with Crippen molar-refractivity contribution in [3.05, 3.63) is 35.2 Å². The maximum Gasteiger partial charge on any atom is 0.132 e. The topological polar surface area (TPSA) is 66.8 Å². The lowest BCUT2D eigenvalue weighted by Gasteiger charge is -2.33. The number of aromatic nitrogens is 4. The Morgan fingerprint density at radius 2 is 1.71 bits per heavy atom. The summed E-state index contributed by atoms with van der Waals surface area (Å²) >= 11 is 0. The third-order valence-electron chi connectivity index (χ3n) is 4.38. The molecule has 6 nitrogen and oxygen atoms in total. The number of anilines is 2. The molecule has 0 radical (unpaired) electrons. The molecule has 0 atom stereocenters. The average Bonchev–Trinajstić information content (AvgIpc) is 2.54. The van der Waals surface area contributed by atoms with Gasteiger partial charge in [-0.05, 0) is 40.0 Å². The number of hydrogen-bond acceptors (Lipinski definition) is 6. The molecule has 1 aliphatic rings. The van der Waals surface area contributed by atoms with Gasteiger partial charge in [0.05, 0.1) is 0 Å². The van der Waals surface area contributed by atoms with Gasteiger partial charge in [0.2, 0.25) is 0 Å². The van der Waals surface area contributed by atoms with Crippen LogP contribution < -0.4 is 10.2 Å². The van der Waals surface area contributed by atoms with E-state index >= 15 is 0 Å². The van der Waals surface area contributed by atoms with Gasteiger partial charge in [-0.25, -0.2) is 19.9 Å². The van der Waals surface area contributed by atoms with Gasteiger partial charge in [0.15, 0.2) is 0 Å². The fourth-order valence-electron chi connectivity index (χ4n) is 3.21. The fourth-order valence-corrected chi connectivity index (χ4v) is 3.21. The van der Waals surface area contributed by atoms with E-state index in [0.29, 0.717) is 6.04 Å². The van der Waals surface area contributed by atoms with Crippen LogP contribution in [-0.2, 0) is 6.42 Å². The van der Waals surface area contributed by atoms with Crippen LogP contribution in [0.3, 0.4) is 0 Å². The summed E-state index contributed by atoms with van der Waals surface area (Å²) < 4.78 is 0. The van der Waals surface area contributed by atoms with Crippen molar-refractivity contribution >= 4 is 11.6 Å². The van der Waals surface area contributed by atoms with Crippen molar-refractivity contribution in [2.75, 3.05) is 23.3 Å². The molecule has 1 fully saturated rings. The van der Waals surface area contributed by atoms with Crippen LogP contribution in [0.4, 0.5) is 11.6 Å². The monoisotopic (exact) mass is 326 g/mol. The Labute approximate surface area is 143 Å². The smallest absolute Gasteiger partial charge is 0.132 e. The van der Waals surface area contributed by atoms with Crippen molar-refractivity contribution in [2.24, 2.45) is 0 Å². The molecule has 1 saturated heterocycles. The fraction of sp³-hybridized carbons (Fsp3) is 0.556. The summed E-state index contributed by atoms with van der Waals surface area (Å²) in [5.74, 6) is 3.67. The molecule has 3 rings (SSSR count). The van der Waals surface area contributed by atoms with E-state index in [0.717, 1.165) is 67.0 Å². The molecule has 0 amide bonds. The summed E-state index contributed by atoms with van der Waals surface area (Å²) in [6.07, 6.45) is 3.09. The largest absolute Gasteiger partial charge is 0.367 e. The van der Waals surface area contributed by atoms with Crippen LogP contribution in [0.1, 0.15) is 42.8 Å². The van der Waals surface area contributed by atoms with E-state index in [4.69, 9.17) is 0 Å². The van der Waals surface area contributed by atoms with Gasteiger partial charge < -0.3 is 10.2 Å². The molecular formula is C18H26N6. The van der Waals surface area contributed by atoms with Gasteiger partial charge in [-0.15, -0.1) is 0 Å². The Balaban J connectivity index is 1.62. The molecule has 3 heterocycles. The van der Waals surface area contributed by atoms with E-state index in [-0.39, 0.29) is 0 Å². The van der Waals surface area contributed by atoms with Crippen molar-refractivity contribution in [3.8, 4) is 0 Å². The van der Waals surface area contributed by atoms with Gasteiger partial charge in [0.25, 0.3) is 0 Å². The number of aryl methyl sites for hydroxylation is 4. The molecule has 1 aliphatic heterocycles. The minimum absolute atomic E-state index is 0.448. The molecule has 0 bridgehead atoms. The summed E-state index contributed by atoms with van der Waals surface area (Å²) in [5, 5.41) is 3.58. The molecule has 1 N–H and O–H groups in total. The molecule has 0 saturated carbocycles. The van der Waals surface area contributed by atoms with Crippen LogP contribution in [-0.4, -0.2) is 39.1 Å². The number of nitrogens with zero attached hydrogens (tertiary/aromatic N) is 5. The summed E-state index contributed by atoms with van der Waals surface area (Å²) in [7, 11) is 0. The van der Waals surface area contributed by atoms with Crippen LogP contribution in [0.5, 0.6) is 0 Å². The number of rotatable bonds is 4. The Kier molecular flexibility index (Phi) is 4.92. The highest BCUT2D eigenvalue weighted by atomic mass is 15.2. The average molecular weight is 326 g/mol. The van der Waals surface area contributed by atoms with Gasteiger partial charge >= 0.3 is 0 Å². The van der Waals surface area contributed by atoms with E-state index in [1.807, 2.05) is 20.8 Å². The van der Waals surface area contributed by atoms with Gasteiger partial charge in [-0.2, -0.15) is 0 Å². The van der Waals surface area contributed by atoms with E-state index in [1.54, 1.807) is 0 Å². The first-order valence-electron chi connectivity index (χ1n) is 8.72. The van der Waals surface area contributed by atoms with E-state index < -0.39 is 0 Å². The SMILES string of the molecule is CCc1cc(NC2CCN(c3cc(C)nc(C)n3)CC2)nc(C)n1. The third-order valence-corrected chi connectivity index (χ3v) is 4.38. The number of hydrogen-bond donors (Lipinski definition) is 1. The maximum absolute atomic E-state index is 4.57. The summed E-state index contributed by atoms with van der Waals surface area (Å²) in [4.78, 5) is 20.2. The molecule has 0 aromatic carbocycles. The van der Waals surface area contributed by atoms with Crippen LogP contribution in [0.25, 0.3) is 0 Å². The Morgan fingerprint density at radius 1 is 1.00 bits per heavy atom. The predicted molar refractivity (Wildman–Crippen MR) is 96.5 cm³/mol. The second-order valence-corrected chi connectivity index (χ2v) is 6.47. The Hall–Kier alpha value is -2.24. The van der Waals surface area contributed by atoms with Crippen molar-refractivity contribution in [2.45, 2.75) is 53.0 Å². The van der Waals surface area contributed by atoms with Crippen molar-refractivity contribution < 1.29 is 0 Å². The minimum atomic E-state index is 0.448. The molecule has 2 aromatic heterocycles. The van der Waals surface area contributed by atoms with Gasteiger partial charge in [0.1, 0.15) is 23.3 Å². The highest BCUT2D eigenvalue weighted by Gasteiger charge is 2.21.